The summed E-state index contributed by atoms with van der Waals surface area (Å²) in [4.78, 5) is 2.69. The number of morpholine rings is 1. The average molecular weight is 277 g/mol. The fraction of sp³-hybridized carbons (Fsp3) is 0.500. The van der Waals surface area contributed by atoms with Crippen molar-refractivity contribution in [2.75, 3.05) is 50.4 Å². The molecule has 0 spiro atoms. The largest absolute Gasteiger partial charge is 0.396 e. The molecule has 1 fully saturated rings. The standard InChI is InChI=1S/C12H15N5OS/c13-7-9-11(15)10(8-14)19-12(9)16-1-2-17-3-5-18-6-4-17/h16H,1-6,15H2. The van der Waals surface area contributed by atoms with Crippen LogP contribution in [0.2, 0.25) is 0 Å². The maximum Gasteiger partial charge on any atom is 0.131 e. The number of nitriles is 2. The number of ether oxygens (including phenoxy) is 1. The first kappa shape index (κ1) is 13.6. The number of hydrogen-bond acceptors (Lipinski definition) is 7. The molecular formula is C12H15N5OS. The van der Waals surface area contributed by atoms with Gasteiger partial charge in [0.05, 0.1) is 18.9 Å². The lowest BCUT2D eigenvalue weighted by atomic mass is 10.2. The highest BCUT2D eigenvalue weighted by Crippen LogP contribution is 2.34. The topological polar surface area (TPSA) is 98.1 Å². The van der Waals surface area contributed by atoms with Crippen molar-refractivity contribution in [2.24, 2.45) is 0 Å². The molecule has 0 amide bonds. The molecule has 0 atom stereocenters. The summed E-state index contributed by atoms with van der Waals surface area (Å²) in [7, 11) is 0. The normalized spacial score (nSPS) is 15.7. The Hall–Kier alpha value is -1.80. The van der Waals surface area contributed by atoms with Gasteiger partial charge in [0.1, 0.15) is 27.6 Å². The van der Waals surface area contributed by atoms with Crippen molar-refractivity contribution < 1.29 is 4.74 Å². The number of nitrogens with one attached hydrogen (secondary N) is 1. The second-order valence-corrected chi connectivity index (χ2v) is 5.17. The lowest BCUT2D eigenvalue weighted by molar-refractivity contribution is 0.0398. The molecule has 0 radical (unpaired) electrons. The van der Waals surface area contributed by atoms with Crippen molar-refractivity contribution in [3.63, 3.8) is 0 Å². The molecule has 19 heavy (non-hydrogen) atoms. The zero-order chi connectivity index (χ0) is 13.7. The molecule has 1 aromatic heterocycles. The molecule has 1 aromatic rings. The van der Waals surface area contributed by atoms with E-state index < -0.39 is 0 Å². The van der Waals surface area contributed by atoms with Crippen molar-refractivity contribution in [2.45, 2.75) is 0 Å². The van der Waals surface area contributed by atoms with E-state index in [1.807, 2.05) is 12.1 Å². The molecule has 0 unspecified atom stereocenters. The smallest absolute Gasteiger partial charge is 0.131 e. The first-order valence-electron chi connectivity index (χ1n) is 6.02. The summed E-state index contributed by atoms with van der Waals surface area (Å²) in [6.45, 7) is 5.01. The Morgan fingerprint density at radius 1 is 1.32 bits per heavy atom. The Morgan fingerprint density at radius 3 is 2.68 bits per heavy atom. The van der Waals surface area contributed by atoms with Crippen LogP contribution in [0.25, 0.3) is 0 Å². The second-order valence-electron chi connectivity index (χ2n) is 4.15. The number of nitrogens with two attached hydrogens (primary N) is 1. The number of hydrogen-bond donors (Lipinski definition) is 2. The Kier molecular flexibility index (Phi) is 4.58. The maximum absolute atomic E-state index is 9.06. The summed E-state index contributed by atoms with van der Waals surface area (Å²) in [5.41, 5.74) is 6.40. The van der Waals surface area contributed by atoms with E-state index in [-0.39, 0.29) is 5.69 Å². The Balaban J connectivity index is 1.92. The number of nitrogens with zero attached hydrogens (tertiary/aromatic N) is 3. The maximum atomic E-state index is 9.06. The number of anilines is 2. The van der Waals surface area contributed by atoms with E-state index in [1.54, 1.807) is 0 Å². The van der Waals surface area contributed by atoms with E-state index in [9.17, 15) is 0 Å². The van der Waals surface area contributed by atoms with Gasteiger partial charge in [0.25, 0.3) is 0 Å². The minimum atomic E-state index is 0.281. The van der Waals surface area contributed by atoms with Gasteiger partial charge in [-0.15, -0.1) is 11.3 Å². The number of rotatable bonds is 4. The second kappa shape index (κ2) is 6.39. The predicted octanol–water partition coefficient (Wildman–Crippen LogP) is 0.818. The molecule has 7 heteroatoms. The monoisotopic (exact) mass is 277 g/mol. The average Bonchev–Trinajstić information content (AvgIpc) is 2.75. The van der Waals surface area contributed by atoms with Gasteiger partial charge < -0.3 is 15.8 Å². The van der Waals surface area contributed by atoms with Gasteiger partial charge in [-0.1, -0.05) is 0 Å². The summed E-state index contributed by atoms with van der Waals surface area (Å²) in [6, 6.07) is 4.05. The molecule has 1 saturated heterocycles. The first-order chi connectivity index (χ1) is 9.26. The van der Waals surface area contributed by atoms with E-state index in [1.165, 1.54) is 11.3 Å². The van der Waals surface area contributed by atoms with Crippen LogP contribution >= 0.6 is 11.3 Å². The van der Waals surface area contributed by atoms with Crippen LogP contribution in [0.3, 0.4) is 0 Å². The highest BCUT2D eigenvalue weighted by molar-refractivity contribution is 7.17. The van der Waals surface area contributed by atoms with Crippen molar-refractivity contribution in [1.29, 1.82) is 10.5 Å². The lowest BCUT2D eigenvalue weighted by Gasteiger charge is -2.26. The van der Waals surface area contributed by atoms with Crippen molar-refractivity contribution >= 4 is 22.0 Å². The third-order valence-electron chi connectivity index (χ3n) is 2.98. The fourth-order valence-electron chi connectivity index (χ4n) is 1.91. The van der Waals surface area contributed by atoms with Gasteiger partial charge in [0.15, 0.2) is 0 Å². The van der Waals surface area contributed by atoms with Crippen LogP contribution in [0.15, 0.2) is 0 Å². The molecular weight excluding hydrogens is 262 g/mol. The first-order valence-corrected chi connectivity index (χ1v) is 6.84. The molecule has 3 N–H and O–H groups in total. The van der Waals surface area contributed by atoms with Crippen LogP contribution in [0.4, 0.5) is 10.7 Å². The highest BCUT2D eigenvalue weighted by Gasteiger charge is 2.16. The van der Waals surface area contributed by atoms with Gasteiger partial charge in [-0.25, -0.2) is 0 Å². The summed E-state index contributed by atoms with van der Waals surface area (Å²) in [5, 5.41) is 21.8. The van der Waals surface area contributed by atoms with Gasteiger partial charge in [-0.2, -0.15) is 10.5 Å². The van der Waals surface area contributed by atoms with E-state index in [2.05, 4.69) is 10.2 Å². The predicted molar refractivity (Wildman–Crippen MR) is 73.9 cm³/mol. The highest BCUT2D eigenvalue weighted by atomic mass is 32.1. The summed E-state index contributed by atoms with van der Waals surface area (Å²) in [6.07, 6.45) is 0. The third kappa shape index (κ3) is 3.15. The van der Waals surface area contributed by atoms with Crippen LogP contribution in [-0.2, 0) is 4.74 Å². The van der Waals surface area contributed by atoms with E-state index in [0.29, 0.717) is 15.4 Å². The van der Waals surface area contributed by atoms with Crippen LogP contribution in [0.5, 0.6) is 0 Å². The molecule has 1 aliphatic rings. The van der Waals surface area contributed by atoms with Crippen LogP contribution in [-0.4, -0.2) is 44.3 Å². The van der Waals surface area contributed by atoms with Crippen LogP contribution < -0.4 is 11.1 Å². The van der Waals surface area contributed by atoms with Gasteiger partial charge in [-0.05, 0) is 0 Å². The number of thiophene rings is 1. The Labute approximate surface area is 116 Å². The SMILES string of the molecule is N#Cc1sc(NCCN2CCOCC2)c(C#N)c1N. The molecule has 0 bridgehead atoms. The number of nitrogen functional groups attached to an aromatic ring is 1. The summed E-state index contributed by atoms with van der Waals surface area (Å²) in [5.74, 6) is 0. The van der Waals surface area contributed by atoms with Crippen LogP contribution in [0.1, 0.15) is 10.4 Å². The quantitative estimate of drug-likeness (QED) is 0.845. The third-order valence-corrected chi connectivity index (χ3v) is 4.04. The van der Waals surface area contributed by atoms with E-state index >= 15 is 0 Å². The summed E-state index contributed by atoms with van der Waals surface area (Å²) < 4.78 is 5.28. The molecule has 2 heterocycles. The molecule has 6 nitrogen and oxygen atoms in total. The Bertz CT molecular complexity index is 521. The minimum Gasteiger partial charge on any atom is -0.396 e. The molecule has 0 saturated carbocycles. The minimum absolute atomic E-state index is 0.281. The summed E-state index contributed by atoms with van der Waals surface area (Å²) >= 11 is 1.23. The van der Waals surface area contributed by atoms with Crippen molar-refractivity contribution in [1.82, 2.24) is 4.90 Å². The molecule has 0 aromatic carbocycles. The molecule has 100 valence electrons. The van der Waals surface area contributed by atoms with Crippen molar-refractivity contribution in [3.05, 3.63) is 10.4 Å². The van der Waals surface area contributed by atoms with Crippen LogP contribution in [0, 0.1) is 22.7 Å². The molecule has 1 aliphatic heterocycles. The van der Waals surface area contributed by atoms with E-state index in [4.69, 9.17) is 21.0 Å². The van der Waals surface area contributed by atoms with Crippen molar-refractivity contribution in [3.8, 4) is 12.1 Å². The zero-order valence-electron chi connectivity index (χ0n) is 10.5. The zero-order valence-corrected chi connectivity index (χ0v) is 11.3. The van der Waals surface area contributed by atoms with Gasteiger partial charge in [-0.3, -0.25) is 4.90 Å². The lowest BCUT2D eigenvalue weighted by Crippen LogP contribution is -2.38. The van der Waals surface area contributed by atoms with E-state index in [0.717, 1.165) is 39.4 Å². The van der Waals surface area contributed by atoms with Gasteiger partial charge in [0.2, 0.25) is 0 Å². The Morgan fingerprint density at radius 2 is 2.05 bits per heavy atom. The fourth-order valence-corrected chi connectivity index (χ4v) is 2.81. The molecule has 2 rings (SSSR count). The molecule has 0 aliphatic carbocycles. The van der Waals surface area contributed by atoms with Gasteiger partial charge >= 0.3 is 0 Å². The van der Waals surface area contributed by atoms with Gasteiger partial charge in [0, 0.05) is 26.2 Å².